The van der Waals surface area contributed by atoms with Crippen molar-refractivity contribution >= 4 is 0 Å². The molecule has 2 heterocycles. The van der Waals surface area contributed by atoms with E-state index in [1.54, 1.807) is 0 Å². The standard InChI is InChI=1S/C12H25N3/c1-14-8-6-12(10-14)15(2)9-5-11-4-3-7-13-11/h11-13H,3-10H2,1-2H3. The number of rotatable bonds is 4. The number of nitrogens with one attached hydrogen (secondary N) is 1. The molecule has 2 atom stereocenters. The van der Waals surface area contributed by atoms with Crippen molar-refractivity contribution in [2.75, 3.05) is 40.3 Å². The molecule has 2 unspecified atom stereocenters. The highest BCUT2D eigenvalue weighted by Gasteiger charge is 2.23. The molecule has 3 heteroatoms. The van der Waals surface area contributed by atoms with Gasteiger partial charge < -0.3 is 15.1 Å². The maximum atomic E-state index is 3.57. The number of hydrogen-bond acceptors (Lipinski definition) is 3. The van der Waals surface area contributed by atoms with Gasteiger partial charge in [-0.25, -0.2) is 0 Å². The first-order valence-electron chi connectivity index (χ1n) is 6.38. The summed E-state index contributed by atoms with van der Waals surface area (Å²) in [7, 11) is 4.52. The summed E-state index contributed by atoms with van der Waals surface area (Å²) in [6.45, 7) is 5.03. The van der Waals surface area contributed by atoms with Crippen LogP contribution in [-0.2, 0) is 0 Å². The minimum absolute atomic E-state index is 0.798. The molecular weight excluding hydrogens is 186 g/mol. The smallest absolute Gasteiger partial charge is 0.0232 e. The second-order valence-corrected chi connectivity index (χ2v) is 5.27. The maximum Gasteiger partial charge on any atom is 0.0232 e. The van der Waals surface area contributed by atoms with Crippen LogP contribution >= 0.6 is 0 Å². The summed E-state index contributed by atoms with van der Waals surface area (Å²) in [4.78, 5) is 5.00. The third kappa shape index (κ3) is 3.16. The number of likely N-dealkylation sites (N-methyl/N-ethyl adjacent to an activating group) is 2. The van der Waals surface area contributed by atoms with Crippen molar-refractivity contribution in [3.63, 3.8) is 0 Å². The fraction of sp³-hybridized carbons (Fsp3) is 1.00. The second kappa shape index (κ2) is 5.28. The molecule has 2 rings (SSSR count). The van der Waals surface area contributed by atoms with E-state index in [0.717, 1.165) is 12.1 Å². The molecule has 0 saturated carbocycles. The van der Waals surface area contributed by atoms with Gasteiger partial charge in [-0.1, -0.05) is 0 Å². The molecule has 1 N–H and O–H groups in total. The van der Waals surface area contributed by atoms with Gasteiger partial charge in [0.05, 0.1) is 0 Å². The van der Waals surface area contributed by atoms with Crippen molar-refractivity contribution in [3.8, 4) is 0 Å². The lowest BCUT2D eigenvalue weighted by Crippen LogP contribution is -2.36. The monoisotopic (exact) mass is 211 g/mol. The Morgan fingerprint density at radius 2 is 2.27 bits per heavy atom. The molecule has 0 aromatic carbocycles. The highest BCUT2D eigenvalue weighted by atomic mass is 15.2. The van der Waals surface area contributed by atoms with Crippen LogP contribution in [0.1, 0.15) is 25.7 Å². The molecule has 0 bridgehead atoms. The highest BCUT2D eigenvalue weighted by Crippen LogP contribution is 2.14. The molecular formula is C12H25N3. The lowest BCUT2D eigenvalue weighted by Gasteiger charge is -2.25. The van der Waals surface area contributed by atoms with Crippen molar-refractivity contribution in [1.29, 1.82) is 0 Å². The van der Waals surface area contributed by atoms with E-state index in [9.17, 15) is 0 Å². The maximum absolute atomic E-state index is 3.57. The van der Waals surface area contributed by atoms with Crippen molar-refractivity contribution in [2.45, 2.75) is 37.8 Å². The Labute approximate surface area is 93.8 Å². The van der Waals surface area contributed by atoms with Gasteiger partial charge in [-0.3, -0.25) is 0 Å². The Morgan fingerprint density at radius 1 is 1.40 bits per heavy atom. The van der Waals surface area contributed by atoms with Crippen LogP contribution in [0.2, 0.25) is 0 Å². The van der Waals surface area contributed by atoms with Gasteiger partial charge in [-0.2, -0.15) is 0 Å². The van der Waals surface area contributed by atoms with E-state index in [1.165, 1.54) is 51.9 Å². The number of hydrogen-bond donors (Lipinski definition) is 1. The average Bonchev–Trinajstić information content (AvgIpc) is 2.84. The molecule has 0 spiro atoms. The molecule has 2 aliphatic heterocycles. The molecule has 2 saturated heterocycles. The van der Waals surface area contributed by atoms with E-state index in [4.69, 9.17) is 0 Å². The van der Waals surface area contributed by atoms with Crippen LogP contribution < -0.4 is 5.32 Å². The largest absolute Gasteiger partial charge is 0.314 e. The summed E-state index contributed by atoms with van der Waals surface area (Å²) >= 11 is 0. The van der Waals surface area contributed by atoms with E-state index >= 15 is 0 Å². The molecule has 0 aromatic rings. The first-order chi connectivity index (χ1) is 7.25. The van der Waals surface area contributed by atoms with Crippen molar-refractivity contribution in [1.82, 2.24) is 15.1 Å². The molecule has 0 radical (unpaired) electrons. The van der Waals surface area contributed by atoms with Gasteiger partial charge >= 0.3 is 0 Å². The lowest BCUT2D eigenvalue weighted by molar-refractivity contribution is 0.231. The molecule has 0 aromatic heterocycles. The Kier molecular flexibility index (Phi) is 4.00. The zero-order chi connectivity index (χ0) is 10.7. The van der Waals surface area contributed by atoms with Crippen LogP contribution in [-0.4, -0.2) is 62.2 Å². The first-order valence-corrected chi connectivity index (χ1v) is 6.38. The molecule has 3 nitrogen and oxygen atoms in total. The second-order valence-electron chi connectivity index (χ2n) is 5.27. The van der Waals surface area contributed by atoms with Crippen molar-refractivity contribution in [2.24, 2.45) is 0 Å². The summed E-state index contributed by atoms with van der Waals surface area (Å²) in [6.07, 6.45) is 5.45. The van der Waals surface area contributed by atoms with Gasteiger partial charge in [0, 0.05) is 18.6 Å². The van der Waals surface area contributed by atoms with E-state index in [2.05, 4.69) is 29.2 Å². The van der Waals surface area contributed by atoms with Gasteiger partial charge in [-0.05, 0) is 59.4 Å². The topological polar surface area (TPSA) is 18.5 Å². The summed E-state index contributed by atoms with van der Waals surface area (Å²) in [6, 6.07) is 1.60. The molecule has 2 fully saturated rings. The van der Waals surface area contributed by atoms with Crippen molar-refractivity contribution < 1.29 is 0 Å². The van der Waals surface area contributed by atoms with Gasteiger partial charge in [0.25, 0.3) is 0 Å². The van der Waals surface area contributed by atoms with E-state index < -0.39 is 0 Å². The Balaban J connectivity index is 1.65. The zero-order valence-corrected chi connectivity index (χ0v) is 10.2. The fourth-order valence-electron chi connectivity index (χ4n) is 2.82. The van der Waals surface area contributed by atoms with Crippen molar-refractivity contribution in [3.05, 3.63) is 0 Å². The van der Waals surface area contributed by atoms with Gasteiger partial charge in [0.15, 0.2) is 0 Å². The van der Waals surface area contributed by atoms with Crippen LogP contribution in [0.3, 0.4) is 0 Å². The Hall–Kier alpha value is -0.120. The van der Waals surface area contributed by atoms with Crippen LogP contribution in [0, 0.1) is 0 Å². The van der Waals surface area contributed by atoms with Gasteiger partial charge in [0.1, 0.15) is 0 Å². The van der Waals surface area contributed by atoms with Gasteiger partial charge in [-0.15, -0.1) is 0 Å². The lowest BCUT2D eigenvalue weighted by atomic mass is 10.1. The number of nitrogens with zero attached hydrogens (tertiary/aromatic N) is 2. The minimum atomic E-state index is 0.798. The zero-order valence-electron chi connectivity index (χ0n) is 10.2. The Bertz CT molecular complexity index is 189. The third-order valence-electron chi connectivity index (χ3n) is 3.98. The first kappa shape index (κ1) is 11.4. The average molecular weight is 211 g/mol. The molecule has 2 aliphatic rings. The minimum Gasteiger partial charge on any atom is -0.314 e. The normalized spacial score (nSPS) is 33.0. The summed E-state index contributed by atoms with van der Waals surface area (Å²) in [5.41, 5.74) is 0. The van der Waals surface area contributed by atoms with Crippen LogP contribution in [0.15, 0.2) is 0 Å². The van der Waals surface area contributed by atoms with E-state index in [0.29, 0.717) is 0 Å². The molecule has 15 heavy (non-hydrogen) atoms. The van der Waals surface area contributed by atoms with E-state index in [-0.39, 0.29) is 0 Å². The molecule has 88 valence electrons. The third-order valence-corrected chi connectivity index (χ3v) is 3.98. The summed E-state index contributed by atoms with van der Waals surface area (Å²) in [5, 5.41) is 3.57. The predicted octanol–water partition coefficient (Wildman–Crippen LogP) is 0.764. The molecule has 0 aliphatic carbocycles. The van der Waals surface area contributed by atoms with Crippen LogP contribution in [0.5, 0.6) is 0 Å². The van der Waals surface area contributed by atoms with Gasteiger partial charge in [0.2, 0.25) is 0 Å². The summed E-state index contributed by atoms with van der Waals surface area (Å²) < 4.78 is 0. The SMILES string of the molecule is CN1CCC(N(C)CCC2CCCN2)C1. The van der Waals surface area contributed by atoms with E-state index in [1.807, 2.05) is 0 Å². The van der Waals surface area contributed by atoms with Crippen LogP contribution in [0.4, 0.5) is 0 Å². The Morgan fingerprint density at radius 3 is 2.87 bits per heavy atom. The fourth-order valence-corrected chi connectivity index (χ4v) is 2.82. The highest BCUT2D eigenvalue weighted by molar-refractivity contribution is 4.82. The van der Waals surface area contributed by atoms with Crippen LogP contribution in [0.25, 0.3) is 0 Å². The number of likely N-dealkylation sites (tertiary alicyclic amines) is 1. The summed E-state index contributed by atoms with van der Waals surface area (Å²) in [5.74, 6) is 0. The quantitative estimate of drug-likeness (QED) is 0.741. The molecule has 0 amide bonds. The predicted molar refractivity (Wildman–Crippen MR) is 64.2 cm³/mol.